The van der Waals surface area contributed by atoms with Crippen molar-refractivity contribution in [3.8, 4) is 0 Å². The number of primary amides is 1. The zero-order valence-corrected chi connectivity index (χ0v) is 18.9. The maximum atomic E-state index is 12.8. The van der Waals surface area contributed by atoms with Crippen LogP contribution in [0.5, 0.6) is 0 Å². The van der Waals surface area contributed by atoms with E-state index < -0.39 is 72.2 Å². The molecule has 5 atom stereocenters. The number of carboxylic acids is 1. The van der Waals surface area contributed by atoms with E-state index in [0.717, 1.165) is 0 Å². The molecule has 5 unspecified atom stereocenters. The topological polar surface area (TPSA) is 214 Å². The van der Waals surface area contributed by atoms with Gasteiger partial charge in [-0.1, -0.05) is 13.8 Å². The summed E-state index contributed by atoms with van der Waals surface area (Å²) in [6, 6.07) is -4.95. The van der Waals surface area contributed by atoms with Gasteiger partial charge in [-0.3, -0.25) is 19.2 Å². The van der Waals surface area contributed by atoms with Crippen LogP contribution in [0, 0.1) is 5.92 Å². The Labute approximate surface area is 185 Å². The normalized spacial score (nSPS) is 15.8. The molecular weight excluding hydrogens is 430 g/mol. The molecule has 0 radical (unpaired) electrons. The van der Waals surface area contributed by atoms with Crippen molar-refractivity contribution in [2.24, 2.45) is 17.4 Å². The molecule has 0 aromatic rings. The molecule has 0 rings (SSSR count). The number of carbonyl (C=O) groups is 5. The van der Waals surface area contributed by atoms with E-state index in [2.05, 4.69) is 16.0 Å². The molecule has 0 spiro atoms. The van der Waals surface area contributed by atoms with E-state index in [1.165, 1.54) is 18.7 Å². The largest absolute Gasteiger partial charge is 0.480 e. The lowest BCUT2D eigenvalue weighted by Crippen LogP contribution is -2.59. The standard InChI is InChI=1S/C18H33N5O7S/c1-8(2)14(17(28)22-11(18(29)30)7-12(19)25)23-15(26)10(5-6-31-4)21-16(27)13(20)9(3)24/h8-11,13-14,24H,5-7,20H2,1-4H3,(H2,19,25)(H,21,27)(H,22,28)(H,23,26)(H,29,30). The van der Waals surface area contributed by atoms with Gasteiger partial charge in [0.15, 0.2) is 0 Å². The van der Waals surface area contributed by atoms with Crippen molar-refractivity contribution in [2.45, 2.75) is 63.9 Å². The van der Waals surface area contributed by atoms with Gasteiger partial charge in [-0.2, -0.15) is 11.8 Å². The van der Waals surface area contributed by atoms with Crippen molar-refractivity contribution < 1.29 is 34.2 Å². The summed E-state index contributed by atoms with van der Waals surface area (Å²) in [4.78, 5) is 59.8. The highest BCUT2D eigenvalue weighted by Gasteiger charge is 2.32. The first-order valence-electron chi connectivity index (χ1n) is 9.66. The Bertz CT molecular complexity index is 659. The summed E-state index contributed by atoms with van der Waals surface area (Å²) < 4.78 is 0. The number of carbonyl (C=O) groups excluding carboxylic acids is 4. The number of aliphatic carboxylic acids is 1. The highest BCUT2D eigenvalue weighted by atomic mass is 32.2. The molecule has 0 saturated carbocycles. The summed E-state index contributed by atoms with van der Waals surface area (Å²) in [5.41, 5.74) is 10.6. The van der Waals surface area contributed by atoms with E-state index in [1.807, 2.05) is 6.26 Å². The van der Waals surface area contributed by atoms with Crippen LogP contribution >= 0.6 is 11.8 Å². The van der Waals surface area contributed by atoms with E-state index >= 15 is 0 Å². The van der Waals surface area contributed by atoms with Gasteiger partial charge < -0.3 is 37.6 Å². The lowest BCUT2D eigenvalue weighted by Gasteiger charge is -2.27. The van der Waals surface area contributed by atoms with Crippen LogP contribution in [0.4, 0.5) is 0 Å². The summed E-state index contributed by atoms with van der Waals surface area (Å²) in [5.74, 6) is -4.49. The molecule has 0 aliphatic carbocycles. The van der Waals surface area contributed by atoms with Gasteiger partial charge in [0.05, 0.1) is 12.5 Å². The number of nitrogens with one attached hydrogen (secondary N) is 3. The Balaban J connectivity index is 5.40. The number of thioether (sulfide) groups is 1. The maximum absolute atomic E-state index is 12.8. The second-order valence-corrected chi connectivity index (χ2v) is 8.39. The quantitative estimate of drug-likeness (QED) is 0.145. The number of amides is 4. The number of nitrogens with two attached hydrogens (primary N) is 2. The molecule has 0 aromatic carbocycles. The first-order valence-corrected chi connectivity index (χ1v) is 11.1. The minimum atomic E-state index is -1.54. The Morgan fingerprint density at radius 2 is 1.48 bits per heavy atom. The van der Waals surface area contributed by atoms with Crippen molar-refractivity contribution in [3.63, 3.8) is 0 Å². The molecule has 0 aliphatic rings. The molecule has 12 nitrogen and oxygen atoms in total. The highest BCUT2D eigenvalue weighted by molar-refractivity contribution is 7.98. The molecule has 4 amide bonds. The van der Waals surface area contributed by atoms with Crippen LogP contribution in [0.3, 0.4) is 0 Å². The van der Waals surface area contributed by atoms with Crippen molar-refractivity contribution >= 4 is 41.4 Å². The lowest BCUT2D eigenvalue weighted by molar-refractivity contribution is -0.144. The smallest absolute Gasteiger partial charge is 0.326 e. The van der Waals surface area contributed by atoms with E-state index in [4.69, 9.17) is 16.6 Å². The van der Waals surface area contributed by atoms with Crippen LogP contribution in [-0.2, 0) is 24.0 Å². The summed E-state index contributed by atoms with van der Waals surface area (Å²) >= 11 is 1.44. The van der Waals surface area contributed by atoms with Crippen LogP contribution in [0.2, 0.25) is 0 Å². The maximum Gasteiger partial charge on any atom is 0.326 e. The van der Waals surface area contributed by atoms with Gasteiger partial charge in [0, 0.05) is 0 Å². The lowest BCUT2D eigenvalue weighted by atomic mass is 10.0. The average molecular weight is 464 g/mol. The summed E-state index contributed by atoms with van der Waals surface area (Å²) in [5, 5.41) is 25.8. The van der Waals surface area contributed by atoms with E-state index in [9.17, 15) is 29.1 Å². The molecule has 0 aliphatic heterocycles. The molecule has 0 aromatic heterocycles. The van der Waals surface area contributed by atoms with Gasteiger partial charge >= 0.3 is 5.97 Å². The van der Waals surface area contributed by atoms with Gasteiger partial charge in [0.25, 0.3) is 0 Å². The third-order valence-electron chi connectivity index (χ3n) is 4.33. The Kier molecular flexibility index (Phi) is 12.8. The monoisotopic (exact) mass is 463 g/mol. The van der Waals surface area contributed by atoms with Crippen LogP contribution in [0.15, 0.2) is 0 Å². The Morgan fingerprint density at radius 1 is 0.935 bits per heavy atom. The van der Waals surface area contributed by atoms with Gasteiger partial charge in [-0.15, -0.1) is 0 Å². The zero-order chi connectivity index (χ0) is 24.3. The number of rotatable bonds is 14. The van der Waals surface area contributed by atoms with Gasteiger partial charge in [0.2, 0.25) is 23.6 Å². The fraction of sp³-hybridized carbons (Fsp3) is 0.722. The predicted octanol–water partition coefficient (Wildman–Crippen LogP) is -2.48. The van der Waals surface area contributed by atoms with Crippen molar-refractivity contribution in [1.29, 1.82) is 0 Å². The SMILES string of the molecule is CSCCC(NC(=O)C(N)C(C)O)C(=O)NC(C(=O)NC(CC(N)=O)C(=O)O)C(C)C. The second-order valence-electron chi connectivity index (χ2n) is 7.41. The van der Waals surface area contributed by atoms with Crippen LogP contribution in [-0.4, -0.2) is 82.1 Å². The van der Waals surface area contributed by atoms with E-state index in [-0.39, 0.29) is 6.42 Å². The van der Waals surface area contributed by atoms with Gasteiger partial charge in [-0.05, 0) is 31.3 Å². The number of carboxylic acid groups (broad SMARTS) is 1. The number of hydrogen-bond acceptors (Lipinski definition) is 8. The van der Waals surface area contributed by atoms with E-state index in [1.54, 1.807) is 13.8 Å². The molecule has 13 heteroatoms. The van der Waals surface area contributed by atoms with Crippen molar-refractivity contribution in [1.82, 2.24) is 16.0 Å². The Morgan fingerprint density at radius 3 is 1.90 bits per heavy atom. The molecule has 0 saturated heterocycles. The molecular formula is C18H33N5O7S. The molecule has 0 bridgehead atoms. The summed E-state index contributed by atoms with van der Waals surface area (Å²) in [6.07, 6.45) is 0.310. The summed E-state index contributed by atoms with van der Waals surface area (Å²) in [7, 11) is 0. The minimum Gasteiger partial charge on any atom is -0.480 e. The van der Waals surface area contributed by atoms with Crippen molar-refractivity contribution in [2.75, 3.05) is 12.0 Å². The number of aliphatic hydroxyl groups is 1. The molecule has 0 fully saturated rings. The second kappa shape index (κ2) is 13.8. The fourth-order valence-corrected chi connectivity index (χ4v) is 2.91. The molecule has 31 heavy (non-hydrogen) atoms. The van der Waals surface area contributed by atoms with Crippen LogP contribution in [0.25, 0.3) is 0 Å². The summed E-state index contributed by atoms with van der Waals surface area (Å²) in [6.45, 7) is 4.60. The Hall–Kier alpha value is -2.38. The third-order valence-corrected chi connectivity index (χ3v) is 4.98. The molecule has 0 heterocycles. The minimum absolute atomic E-state index is 0.233. The third kappa shape index (κ3) is 10.5. The molecule has 9 N–H and O–H groups in total. The zero-order valence-electron chi connectivity index (χ0n) is 18.1. The van der Waals surface area contributed by atoms with Crippen molar-refractivity contribution in [3.05, 3.63) is 0 Å². The highest BCUT2D eigenvalue weighted by Crippen LogP contribution is 2.07. The molecule has 178 valence electrons. The van der Waals surface area contributed by atoms with Crippen LogP contribution < -0.4 is 27.4 Å². The number of hydrogen-bond donors (Lipinski definition) is 7. The first kappa shape index (κ1) is 28.6. The van der Waals surface area contributed by atoms with Gasteiger partial charge in [-0.25, -0.2) is 4.79 Å². The first-order chi connectivity index (χ1) is 14.3. The number of aliphatic hydroxyl groups excluding tert-OH is 1. The van der Waals surface area contributed by atoms with E-state index in [0.29, 0.717) is 5.75 Å². The predicted molar refractivity (Wildman–Crippen MR) is 115 cm³/mol. The fourth-order valence-electron chi connectivity index (χ4n) is 2.44. The van der Waals surface area contributed by atoms with Gasteiger partial charge in [0.1, 0.15) is 24.2 Å². The van der Waals surface area contributed by atoms with Crippen LogP contribution in [0.1, 0.15) is 33.6 Å². The average Bonchev–Trinajstić information content (AvgIpc) is 2.66.